The van der Waals surface area contributed by atoms with Crippen LogP contribution < -0.4 is 5.73 Å². The van der Waals surface area contributed by atoms with Crippen molar-refractivity contribution >= 4 is 5.91 Å². The largest absolute Gasteiger partial charge is 0.375 e. The third kappa shape index (κ3) is 4.69. The van der Waals surface area contributed by atoms with Gasteiger partial charge in [-0.3, -0.25) is 4.79 Å². The van der Waals surface area contributed by atoms with Gasteiger partial charge in [0.25, 0.3) is 0 Å². The van der Waals surface area contributed by atoms with E-state index >= 15 is 0 Å². The zero-order valence-electron chi connectivity index (χ0n) is 14.7. The Morgan fingerprint density at radius 3 is 2.26 bits per heavy atom. The molecule has 3 fully saturated rings. The van der Waals surface area contributed by atoms with E-state index in [0.29, 0.717) is 18.1 Å². The van der Waals surface area contributed by atoms with Crippen LogP contribution in [0.2, 0.25) is 0 Å². The van der Waals surface area contributed by atoms with Gasteiger partial charge in [0.1, 0.15) is 0 Å². The Morgan fingerprint density at radius 1 is 0.957 bits per heavy atom. The number of hydrogen-bond acceptors (Lipinski definition) is 3. The summed E-state index contributed by atoms with van der Waals surface area (Å²) >= 11 is 0. The van der Waals surface area contributed by atoms with Crippen molar-refractivity contribution in [1.82, 2.24) is 4.90 Å². The lowest BCUT2D eigenvalue weighted by Gasteiger charge is -2.38. The second-order valence-corrected chi connectivity index (χ2v) is 8.17. The predicted octanol–water partition coefficient (Wildman–Crippen LogP) is 3.09. The van der Waals surface area contributed by atoms with Crippen molar-refractivity contribution in [3.05, 3.63) is 0 Å². The molecule has 4 nitrogen and oxygen atoms in total. The summed E-state index contributed by atoms with van der Waals surface area (Å²) in [5, 5.41) is 0. The number of carbonyl (C=O) groups excluding carboxylic acids is 1. The minimum absolute atomic E-state index is 0.177. The van der Waals surface area contributed by atoms with Gasteiger partial charge >= 0.3 is 0 Å². The van der Waals surface area contributed by atoms with Crippen LogP contribution in [0.5, 0.6) is 0 Å². The molecule has 2 N–H and O–H groups in total. The van der Waals surface area contributed by atoms with Crippen molar-refractivity contribution < 1.29 is 9.53 Å². The van der Waals surface area contributed by atoms with Gasteiger partial charge < -0.3 is 15.4 Å². The first-order chi connectivity index (χ1) is 11.1. The molecular formula is C19H34N2O2. The van der Waals surface area contributed by atoms with Crippen molar-refractivity contribution in [1.29, 1.82) is 0 Å². The summed E-state index contributed by atoms with van der Waals surface area (Å²) in [6, 6.07) is 0.229. The molecule has 4 heteroatoms. The maximum Gasteiger partial charge on any atom is 0.225 e. The molecule has 2 atom stereocenters. The van der Waals surface area contributed by atoms with Crippen LogP contribution in [0.3, 0.4) is 0 Å². The zero-order valence-corrected chi connectivity index (χ0v) is 14.7. The second-order valence-electron chi connectivity index (χ2n) is 8.17. The Hall–Kier alpha value is -0.610. The normalized spacial score (nSPS) is 36.9. The number of likely N-dealkylation sites (tertiary alicyclic amines) is 1. The number of nitrogens with zero attached hydrogens (tertiary/aromatic N) is 1. The molecule has 2 unspecified atom stereocenters. The van der Waals surface area contributed by atoms with E-state index in [2.05, 4.69) is 11.8 Å². The number of hydrogen-bond donors (Lipinski definition) is 1. The highest BCUT2D eigenvalue weighted by molar-refractivity contribution is 5.79. The second kappa shape index (κ2) is 7.98. The minimum Gasteiger partial charge on any atom is -0.375 e. The number of rotatable bonds is 3. The lowest BCUT2D eigenvalue weighted by Crippen LogP contribution is -2.46. The maximum atomic E-state index is 12.7. The average molecular weight is 322 g/mol. The Balaban J connectivity index is 1.40. The summed E-state index contributed by atoms with van der Waals surface area (Å²) < 4.78 is 6.31. The van der Waals surface area contributed by atoms with Gasteiger partial charge in [0.15, 0.2) is 0 Å². The van der Waals surface area contributed by atoms with Crippen LogP contribution in [-0.2, 0) is 9.53 Å². The van der Waals surface area contributed by atoms with E-state index in [9.17, 15) is 4.79 Å². The molecule has 23 heavy (non-hydrogen) atoms. The van der Waals surface area contributed by atoms with Gasteiger partial charge in [0.2, 0.25) is 5.91 Å². The molecular weight excluding hydrogens is 288 g/mol. The van der Waals surface area contributed by atoms with Crippen LogP contribution in [0, 0.1) is 11.8 Å². The number of carbonyl (C=O) groups is 1. The highest BCUT2D eigenvalue weighted by atomic mass is 16.5. The van der Waals surface area contributed by atoms with Crippen molar-refractivity contribution in [2.45, 2.75) is 89.4 Å². The van der Waals surface area contributed by atoms with Crippen molar-refractivity contribution in [2.75, 3.05) is 13.1 Å². The minimum atomic E-state index is 0.177. The summed E-state index contributed by atoms with van der Waals surface area (Å²) in [4.78, 5) is 14.7. The molecule has 0 radical (unpaired) electrons. The van der Waals surface area contributed by atoms with Crippen molar-refractivity contribution in [2.24, 2.45) is 17.6 Å². The van der Waals surface area contributed by atoms with Gasteiger partial charge in [-0.15, -0.1) is 0 Å². The molecule has 3 rings (SSSR count). The van der Waals surface area contributed by atoms with Gasteiger partial charge in [-0.25, -0.2) is 0 Å². The molecule has 3 aliphatic rings. The average Bonchev–Trinajstić information content (AvgIpc) is 2.57. The molecule has 0 bridgehead atoms. The van der Waals surface area contributed by atoms with E-state index in [-0.39, 0.29) is 12.0 Å². The first kappa shape index (κ1) is 17.2. The van der Waals surface area contributed by atoms with Gasteiger partial charge in [-0.1, -0.05) is 13.3 Å². The third-order valence-corrected chi connectivity index (χ3v) is 6.17. The molecule has 132 valence electrons. The molecule has 1 saturated heterocycles. The number of nitrogens with two attached hydrogens (primary N) is 1. The van der Waals surface area contributed by atoms with Crippen LogP contribution in [-0.4, -0.2) is 42.1 Å². The predicted molar refractivity (Wildman–Crippen MR) is 92.0 cm³/mol. The monoisotopic (exact) mass is 322 g/mol. The summed E-state index contributed by atoms with van der Waals surface area (Å²) in [6.07, 6.45) is 12.0. The Labute approximate surface area is 141 Å². The Kier molecular flexibility index (Phi) is 5.97. The maximum absolute atomic E-state index is 12.7. The smallest absolute Gasteiger partial charge is 0.225 e. The van der Waals surface area contributed by atoms with Crippen LogP contribution in [0.4, 0.5) is 0 Å². The summed E-state index contributed by atoms with van der Waals surface area (Å²) in [5.41, 5.74) is 6.04. The van der Waals surface area contributed by atoms with E-state index in [0.717, 1.165) is 57.5 Å². The topological polar surface area (TPSA) is 55.6 Å². The fourth-order valence-corrected chi connectivity index (χ4v) is 4.56. The number of piperidine rings is 1. The van der Waals surface area contributed by atoms with Crippen LogP contribution in [0.1, 0.15) is 71.1 Å². The third-order valence-electron chi connectivity index (χ3n) is 6.17. The van der Waals surface area contributed by atoms with E-state index in [1.807, 2.05) is 0 Å². The summed E-state index contributed by atoms with van der Waals surface area (Å²) in [6.45, 7) is 4.09. The molecule has 0 spiro atoms. The van der Waals surface area contributed by atoms with Crippen molar-refractivity contribution in [3.8, 4) is 0 Å². The van der Waals surface area contributed by atoms with Gasteiger partial charge in [-0.05, 0) is 63.7 Å². The molecule has 1 aliphatic heterocycles. The highest BCUT2D eigenvalue weighted by Crippen LogP contribution is 2.29. The first-order valence-electron chi connectivity index (χ1n) is 9.81. The first-order valence-corrected chi connectivity index (χ1v) is 9.81. The highest BCUT2D eigenvalue weighted by Gasteiger charge is 2.32. The van der Waals surface area contributed by atoms with E-state index < -0.39 is 0 Å². The molecule has 2 aliphatic carbocycles. The molecule has 0 aromatic heterocycles. The van der Waals surface area contributed by atoms with Crippen LogP contribution >= 0.6 is 0 Å². The van der Waals surface area contributed by atoms with Crippen molar-refractivity contribution in [3.63, 3.8) is 0 Å². The van der Waals surface area contributed by atoms with E-state index in [4.69, 9.17) is 10.5 Å². The van der Waals surface area contributed by atoms with E-state index in [1.165, 1.54) is 25.7 Å². The fourth-order valence-electron chi connectivity index (χ4n) is 4.56. The quantitative estimate of drug-likeness (QED) is 0.868. The lowest BCUT2D eigenvalue weighted by atomic mass is 9.85. The van der Waals surface area contributed by atoms with Crippen LogP contribution in [0.25, 0.3) is 0 Å². The lowest BCUT2D eigenvalue weighted by molar-refractivity contribution is -0.140. The van der Waals surface area contributed by atoms with Gasteiger partial charge in [0, 0.05) is 25.0 Å². The SMILES string of the molecule is CC1CCC(OC2CCN(C(=O)C3CCCC(N)C3)CC2)CC1. The van der Waals surface area contributed by atoms with E-state index in [1.54, 1.807) is 0 Å². The summed E-state index contributed by atoms with van der Waals surface area (Å²) in [7, 11) is 0. The Morgan fingerprint density at radius 2 is 1.61 bits per heavy atom. The number of amides is 1. The van der Waals surface area contributed by atoms with Gasteiger partial charge in [-0.2, -0.15) is 0 Å². The molecule has 2 saturated carbocycles. The molecule has 0 aromatic rings. The van der Waals surface area contributed by atoms with Gasteiger partial charge in [0.05, 0.1) is 12.2 Å². The standard InChI is InChI=1S/C19H34N2O2/c1-14-5-7-17(8-6-14)23-18-9-11-21(12-10-18)19(22)15-3-2-4-16(20)13-15/h14-18H,2-13,20H2,1H3. The molecule has 0 aromatic carbocycles. The number of ether oxygens (including phenoxy) is 1. The summed E-state index contributed by atoms with van der Waals surface area (Å²) in [5.74, 6) is 1.40. The Bertz CT molecular complexity index is 385. The molecule has 1 amide bonds. The molecule has 1 heterocycles. The zero-order chi connectivity index (χ0) is 16.2. The fraction of sp³-hybridized carbons (Fsp3) is 0.947. The van der Waals surface area contributed by atoms with Crippen LogP contribution in [0.15, 0.2) is 0 Å².